The molecule has 0 fully saturated rings. The van der Waals surface area contributed by atoms with Gasteiger partial charge in [0.2, 0.25) is 15.9 Å². The average molecular weight is 416 g/mol. The number of carbonyl (C=O) groups excluding carboxylic acids is 1. The molecule has 1 heterocycles. The molecule has 0 aliphatic heterocycles. The Bertz CT molecular complexity index is 1140. The zero-order valence-corrected chi connectivity index (χ0v) is 16.9. The Morgan fingerprint density at radius 2 is 1.90 bits per heavy atom. The molecule has 0 bridgehead atoms. The minimum absolute atomic E-state index is 0.0290. The summed E-state index contributed by atoms with van der Waals surface area (Å²) in [5.74, 6) is 0.107. The van der Waals surface area contributed by atoms with E-state index in [0.717, 1.165) is 4.31 Å². The summed E-state index contributed by atoms with van der Waals surface area (Å²) in [7, 11) is 0.620. The highest BCUT2D eigenvalue weighted by Crippen LogP contribution is 2.28. The molecule has 152 valence electrons. The number of benzene rings is 2. The predicted octanol–water partition coefficient (Wildman–Crippen LogP) is 1.91. The second-order valence-corrected chi connectivity index (χ2v) is 8.33. The van der Waals surface area contributed by atoms with Crippen LogP contribution >= 0.6 is 0 Å². The Labute approximate surface area is 168 Å². The maximum Gasteiger partial charge on any atom is 0.262 e. The Kier molecular flexibility index (Phi) is 5.95. The number of ether oxygens (including phenoxy) is 2. The van der Waals surface area contributed by atoms with Gasteiger partial charge in [0, 0.05) is 14.1 Å². The van der Waals surface area contributed by atoms with E-state index in [4.69, 9.17) is 9.47 Å². The van der Waals surface area contributed by atoms with Crippen LogP contribution in [0.3, 0.4) is 0 Å². The molecule has 0 unspecified atom stereocenters. The highest BCUT2D eigenvalue weighted by molar-refractivity contribution is 7.89. The second-order valence-electron chi connectivity index (χ2n) is 6.18. The van der Waals surface area contributed by atoms with Crippen molar-refractivity contribution in [2.24, 2.45) is 0 Å². The molecule has 29 heavy (non-hydrogen) atoms. The van der Waals surface area contributed by atoms with E-state index in [1.165, 1.54) is 45.7 Å². The molecule has 0 saturated heterocycles. The fourth-order valence-electron chi connectivity index (χ4n) is 2.57. The zero-order valence-electron chi connectivity index (χ0n) is 16.1. The number of hydrogen-bond donors (Lipinski definition) is 1. The summed E-state index contributed by atoms with van der Waals surface area (Å²) in [5, 5.41) is 3.30. The van der Waals surface area contributed by atoms with E-state index in [9.17, 15) is 13.2 Å². The molecule has 0 spiro atoms. The van der Waals surface area contributed by atoms with E-state index in [2.05, 4.69) is 15.3 Å². The largest absolute Gasteiger partial charge is 0.495 e. The van der Waals surface area contributed by atoms with Gasteiger partial charge in [-0.2, -0.15) is 0 Å². The second kappa shape index (κ2) is 8.41. The summed E-state index contributed by atoms with van der Waals surface area (Å²) in [5.41, 5.74) is 0.915. The smallest absolute Gasteiger partial charge is 0.262 e. The van der Waals surface area contributed by atoms with E-state index >= 15 is 0 Å². The molecule has 10 heteroatoms. The molecule has 1 aromatic heterocycles. The van der Waals surface area contributed by atoms with E-state index in [0.29, 0.717) is 16.7 Å². The van der Waals surface area contributed by atoms with Crippen LogP contribution in [0.1, 0.15) is 0 Å². The molecule has 9 nitrogen and oxygen atoms in total. The Morgan fingerprint density at radius 3 is 2.62 bits per heavy atom. The van der Waals surface area contributed by atoms with Crippen LogP contribution in [0.4, 0.5) is 5.69 Å². The number of carbonyl (C=O) groups is 1. The molecule has 0 atom stereocenters. The number of methoxy groups -OCH3 is 1. The lowest BCUT2D eigenvalue weighted by Gasteiger charge is -2.15. The highest BCUT2D eigenvalue weighted by Gasteiger charge is 2.20. The number of nitrogens with one attached hydrogen (secondary N) is 1. The van der Waals surface area contributed by atoms with Crippen molar-refractivity contribution >= 4 is 32.5 Å². The molecule has 0 aliphatic rings. The van der Waals surface area contributed by atoms with Crippen molar-refractivity contribution in [1.82, 2.24) is 14.3 Å². The van der Waals surface area contributed by atoms with E-state index < -0.39 is 15.9 Å². The fourth-order valence-corrected chi connectivity index (χ4v) is 3.50. The van der Waals surface area contributed by atoms with Gasteiger partial charge in [-0.15, -0.1) is 0 Å². The lowest BCUT2D eigenvalue weighted by atomic mass is 10.2. The topological polar surface area (TPSA) is 111 Å². The van der Waals surface area contributed by atoms with Crippen LogP contribution in [0.15, 0.2) is 53.7 Å². The number of fused-ring (bicyclic) bond motifs is 1. The van der Waals surface area contributed by atoms with E-state index in [1.807, 2.05) is 18.2 Å². The molecule has 3 rings (SSSR count). The molecule has 0 radical (unpaired) electrons. The van der Waals surface area contributed by atoms with Gasteiger partial charge in [0.25, 0.3) is 5.91 Å². The van der Waals surface area contributed by atoms with Crippen molar-refractivity contribution in [3.05, 3.63) is 48.8 Å². The van der Waals surface area contributed by atoms with Gasteiger partial charge < -0.3 is 14.8 Å². The minimum Gasteiger partial charge on any atom is -0.495 e. The van der Waals surface area contributed by atoms with Crippen molar-refractivity contribution < 1.29 is 22.7 Å². The van der Waals surface area contributed by atoms with E-state index in [-0.39, 0.29) is 23.1 Å². The maximum atomic E-state index is 12.4. The number of para-hydroxylation sites is 1. The first-order valence-electron chi connectivity index (χ1n) is 8.56. The molecule has 1 amide bonds. The third-order valence-corrected chi connectivity index (χ3v) is 5.88. The van der Waals surface area contributed by atoms with Gasteiger partial charge in [0.15, 0.2) is 6.61 Å². The highest BCUT2D eigenvalue weighted by atomic mass is 32.2. The van der Waals surface area contributed by atoms with Crippen molar-refractivity contribution in [1.29, 1.82) is 0 Å². The lowest BCUT2D eigenvalue weighted by Crippen LogP contribution is -2.23. The number of rotatable bonds is 7. The van der Waals surface area contributed by atoms with Crippen molar-refractivity contribution in [3.8, 4) is 11.6 Å². The third kappa shape index (κ3) is 4.44. The zero-order chi connectivity index (χ0) is 21.0. The fraction of sp³-hybridized carbons (Fsp3) is 0.211. The Morgan fingerprint density at radius 1 is 1.14 bits per heavy atom. The van der Waals surface area contributed by atoms with Gasteiger partial charge in [0.05, 0.1) is 28.6 Å². The molecule has 0 saturated carbocycles. The van der Waals surface area contributed by atoms with Crippen LogP contribution in [0.5, 0.6) is 11.6 Å². The molecular formula is C19H20N4O5S. The molecule has 2 aromatic carbocycles. The predicted molar refractivity (Wildman–Crippen MR) is 108 cm³/mol. The summed E-state index contributed by atoms with van der Waals surface area (Å²) >= 11 is 0. The van der Waals surface area contributed by atoms with E-state index in [1.54, 1.807) is 6.07 Å². The first-order chi connectivity index (χ1) is 13.8. The van der Waals surface area contributed by atoms with Crippen LogP contribution in [0.2, 0.25) is 0 Å². The lowest BCUT2D eigenvalue weighted by molar-refractivity contribution is -0.118. The quantitative estimate of drug-likeness (QED) is 0.626. The minimum atomic E-state index is -3.66. The van der Waals surface area contributed by atoms with Gasteiger partial charge in [-0.3, -0.25) is 4.79 Å². The first kappa shape index (κ1) is 20.5. The summed E-state index contributed by atoms with van der Waals surface area (Å²) in [6.45, 7) is -0.325. The molecule has 0 aliphatic carbocycles. The SMILES string of the molecule is COc1ccc(S(=O)(=O)N(C)C)cc1NC(=O)COc1ncnc2ccccc12. The standard InChI is InChI=1S/C19H20N4O5S/c1-23(2)29(25,26)13-8-9-17(27-3)16(10-13)22-18(24)11-28-19-14-6-4-5-7-15(14)20-12-21-19/h4-10,12H,11H2,1-3H3,(H,22,24). The number of aromatic nitrogens is 2. The van der Waals surface area contributed by atoms with Gasteiger partial charge in [-0.05, 0) is 30.3 Å². The van der Waals surface area contributed by atoms with Crippen LogP contribution in [-0.4, -0.2) is 56.4 Å². The van der Waals surface area contributed by atoms with Gasteiger partial charge in [-0.1, -0.05) is 12.1 Å². The van der Waals surface area contributed by atoms with Gasteiger partial charge in [-0.25, -0.2) is 22.7 Å². The summed E-state index contributed by atoms with van der Waals surface area (Å²) < 4.78 is 36.5. The number of nitrogens with zero attached hydrogens (tertiary/aromatic N) is 3. The van der Waals surface area contributed by atoms with Crippen LogP contribution in [0, 0.1) is 0 Å². The molecular weight excluding hydrogens is 396 g/mol. The molecule has 1 N–H and O–H groups in total. The summed E-state index contributed by atoms with van der Waals surface area (Å²) in [6, 6.07) is 11.5. The van der Waals surface area contributed by atoms with Gasteiger partial charge >= 0.3 is 0 Å². The van der Waals surface area contributed by atoms with Crippen molar-refractivity contribution in [3.63, 3.8) is 0 Å². The number of anilines is 1. The maximum absolute atomic E-state index is 12.4. The number of amides is 1. The molecule has 3 aromatic rings. The number of sulfonamides is 1. The van der Waals surface area contributed by atoms with Crippen LogP contribution < -0.4 is 14.8 Å². The van der Waals surface area contributed by atoms with Crippen LogP contribution in [0.25, 0.3) is 10.9 Å². The summed E-state index contributed by atoms with van der Waals surface area (Å²) in [4.78, 5) is 20.6. The van der Waals surface area contributed by atoms with Crippen molar-refractivity contribution in [2.75, 3.05) is 33.1 Å². The third-order valence-electron chi connectivity index (χ3n) is 4.07. The van der Waals surface area contributed by atoms with Crippen LogP contribution in [-0.2, 0) is 14.8 Å². The average Bonchev–Trinajstić information content (AvgIpc) is 2.72. The first-order valence-corrected chi connectivity index (χ1v) is 10.00. The Balaban J connectivity index is 1.78. The normalized spacial score (nSPS) is 11.4. The van der Waals surface area contributed by atoms with Gasteiger partial charge in [0.1, 0.15) is 12.1 Å². The number of hydrogen-bond acceptors (Lipinski definition) is 7. The van der Waals surface area contributed by atoms with Crippen molar-refractivity contribution in [2.45, 2.75) is 4.90 Å². The Hall–Kier alpha value is -3.24. The summed E-state index contributed by atoms with van der Waals surface area (Å²) in [6.07, 6.45) is 1.36. The monoisotopic (exact) mass is 416 g/mol.